The van der Waals surface area contributed by atoms with Gasteiger partial charge in [-0.15, -0.1) is 11.6 Å². The van der Waals surface area contributed by atoms with Crippen LogP contribution in [0.25, 0.3) is 0 Å². The molecule has 5 heteroatoms. The number of halogens is 1. The SMILES string of the molecule is O=C(Nc1ccn[nH]1)c1cccc(CCl)c1. The molecule has 2 aromatic rings. The minimum Gasteiger partial charge on any atom is -0.307 e. The molecule has 0 radical (unpaired) electrons. The number of carbonyl (C=O) groups excluding carboxylic acids is 1. The van der Waals surface area contributed by atoms with Gasteiger partial charge in [-0.05, 0) is 17.7 Å². The van der Waals surface area contributed by atoms with Crippen LogP contribution in [0, 0.1) is 0 Å². The quantitative estimate of drug-likeness (QED) is 0.803. The summed E-state index contributed by atoms with van der Waals surface area (Å²) in [5.74, 6) is 0.781. The zero-order valence-corrected chi connectivity index (χ0v) is 9.16. The summed E-state index contributed by atoms with van der Waals surface area (Å²) in [6.45, 7) is 0. The fourth-order valence-electron chi connectivity index (χ4n) is 1.32. The van der Waals surface area contributed by atoms with Crippen molar-refractivity contribution in [2.45, 2.75) is 5.88 Å². The van der Waals surface area contributed by atoms with Gasteiger partial charge in [-0.25, -0.2) is 0 Å². The van der Waals surface area contributed by atoms with Gasteiger partial charge in [-0.3, -0.25) is 9.89 Å². The highest BCUT2D eigenvalue weighted by Crippen LogP contribution is 2.09. The summed E-state index contributed by atoms with van der Waals surface area (Å²) < 4.78 is 0. The molecule has 0 atom stereocenters. The van der Waals surface area contributed by atoms with Crippen LogP contribution in [0.15, 0.2) is 36.5 Å². The molecular formula is C11H10ClN3O. The van der Waals surface area contributed by atoms with E-state index in [-0.39, 0.29) is 5.91 Å². The number of carbonyl (C=O) groups is 1. The Balaban J connectivity index is 2.14. The third-order valence-corrected chi connectivity index (χ3v) is 2.40. The molecular weight excluding hydrogens is 226 g/mol. The minimum absolute atomic E-state index is 0.184. The van der Waals surface area contributed by atoms with E-state index in [4.69, 9.17) is 11.6 Å². The van der Waals surface area contributed by atoms with E-state index < -0.39 is 0 Å². The van der Waals surface area contributed by atoms with Gasteiger partial charge in [0.2, 0.25) is 0 Å². The lowest BCUT2D eigenvalue weighted by Gasteiger charge is -2.03. The Morgan fingerprint density at radius 1 is 1.44 bits per heavy atom. The molecule has 0 bridgehead atoms. The highest BCUT2D eigenvalue weighted by atomic mass is 35.5. The van der Waals surface area contributed by atoms with Crippen LogP contribution in [-0.2, 0) is 5.88 Å². The first-order chi connectivity index (χ1) is 7.79. The van der Waals surface area contributed by atoms with E-state index in [0.29, 0.717) is 17.3 Å². The van der Waals surface area contributed by atoms with E-state index in [1.807, 2.05) is 6.07 Å². The average molecular weight is 236 g/mol. The Kier molecular flexibility index (Phi) is 3.22. The van der Waals surface area contributed by atoms with Crippen LogP contribution in [0.1, 0.15) is 15.9 Å². The van der Waals surface area contributed by atoms with Crippen molar-refractivity contribution in [1.29, 1.82) is 0 Å². The largest absolute Gasteiger partial charge is 0.307 e. The van der Waals surface area contributed by atoms with E-state index in [2.05, 4.69) is 15.5 Å². The number of aromatic amines is 1. The van der Waals surface area contributed by atoms with Crippen molar-refractivity contribution >= 4 is 23.3 Å². The lowest BCUT2D eigenvalue weighted by atomic mass is 10.1. The second-order valence-electron chi connectivity index (χ2n) is 3.26. The number of hydrogen-bond donors (Lipinski definition) is 2. The maximum absolute atomic E-state index is 11.8. The van der Waals surface area contributed by atoms with Gasteiger partial charge < -0.3 is 5.32 Å². The first kappa shape index (κ1) is 10.7. The van der Waals surface area contributed by atoms with Crippen LogP contribution < -0.4 is 5.32 Å². The highest BCUT2D eigenvalue weighted by Gasteiger charge is 2.06. The van der Waals surface area contributed by atoms with Crippen LogP contribution in [0.3, 0.4) is 0 Å². The van der Waals surface area contributed by atoms with Crippen molar-refractivity contribution in [3.63, 3.8) is 0 Å². The van der Waals surface area contributed by atoms with E-state index >= 15 is 0 Å². The number of nitrogens with one attached hydrogen (secondary N) is 2. The lowest BCUT2D eigenvalue weighted by molar-refractivity contribution is 0.102. The molecule has 1 aromatic heterocycles. The Morgan fingerprint density at radius 2 is 2.31 bits per heavy atom. The predicted octanol–water partition coefficient (Wildman–Crippen LogP) is 2.40. The molecule has 0 saturated heterocycles. The predicted molar refractivity (Wildman–Crippen MR) is 62.5 cm³/mol. The van der Waals surface area contributed by atoms with Gasteiger partial charge in [0.05, 0.1) is 6.20 Å². The zero-order chi connectivity index (χ0) is 11.4. The van der Waals surface area contributed by atoms with Crippen molar-refractivity contribution in [2.75, 3.05) is 5.32 Å². The molecule has 0 fully saturated rings. The number of benzene rings is 1. The first-order valence-electron chi connectivity index (χ1n) is 4.75. The number of H-pyrrole nitrogens is 1. The molecule has 1 amide bonds. The van der Waals surface area contributed by atoms with Gasteiger partial charge in [-0.2, -0.15) is 5.10 Å². The fraction of sp³-hybridized carbons (Fsp3) is 0.0909. The summed E-state index contributed by atoms with van der Waals surface area (Å²) in [4.78, 5) is 11.8. The molecule has 0 unspecified atom stereocenters. The number of alkyl halides is 1. The summed E-state index contributed by atoms with van der Waals surface area (Å²) in [5.41, 5.74) is 1.49. The Bertz CT molecular complexity index is 482. The zero-order valence-electron chi connectivity index (χ0n) is 8.40. The van der Waals surface area contributed by atoms with Gasteiger partial charge >= 0.3 is 0 Å². The number of rotatable bonds is 3. The van der Waals surface area contributed by atoms with Crippen LogP contribution in [-0.4, -0.2) is 16.1 Å². The molecule has 0 saturated carbocycles. The molecule has 0 spiro atoms. The number of aromatic nitrogens is 2. The lowest BCUT2D eigenvalue weighted by Crippen LogP contribution is -2.12. The van der Waals surface area contributed by atoms with Crippen LogP contribution in [0.4, 0.5) is 5.82 Å². The molecule has 2 N–H and O–H groups in total. The van der Waals surface area contributed by atoms with Gasteiger partial charge in [-0.1, -0.05) is 12.1 Å². The monoisotopic (exact) mass is 235 g/mol. The Morgan fingerprint density at radius 3 is 3.00 bits per heavy atom. The molecule has 16 heavy (non-hydrogen) atoms. The third-order valence-electron chi connectivity index (χ3n) is 2.09. The molecule has 1 heterocycles. The van der Waals surface area contributed by atoms with Crippen LogP contribution in [0.5, 0.6) is 0 Å². The molecule has 2 rings (SSSR count). The summed E-state index contributed by atoms with van der Waals surface area (Å²) in [5, 5.41) is 9.09. The topological polar surface area (TPSA) is 57.8 Å². The van der Waals surface area contributed by atoms with Gasteiger partial charge in [0, 0.05) is 17.5 Å². The van der Waals surface area contributed by atoms with E-state index in [9.17, 15) is 4.79 Å². The summed E-state index contributed by atoms with van der Waals surface area (Å²) in [7, 11) is 0. The second kappa shape index (κ2) is 4.81. The van der Waals surface area contributed by atoms with E-state index in [0.717, 1.165) is 5.56 Å². The van der Waals surface area contributed by atoms with Crippen LogP contribution >= 0.6 is 11.6 Å². The maximum atomic E-state index is 11.8. The van der Waals surface area contributed by atoms with Crippen molar-refractivity contribution in [1.82, 2.24) is 10.2 Å². The summed E-state index contributed by atoms with van der Waals surface area (Å²) in [6, 6.07) is 8.86. The fourth-order valence-corrected chi connectivity index (χ4v) is 1.48. The summed E-state index contributed by atoms with van der Waals surface area (Å²) >= 11 is 5.70. The third kappa shape index (κ3) is 2.41. The van der Waals surface area contributed by atoms with Gasteiger partial charge in [0.1, 0.15) is 5.82 Å². The van der Waals surface area contributed by atoms with Crippen LogP contribution in [0.2, 0.25) is 0 Å². The number of amides is 1. The normalized spacial score (nSPS) is 10.1. The number of nitrogens with zero attached hydrogens (tertiary/aromatic N) is 1. The van der Waals surface area contributed by atoms with Crippen molar-refractivity contribution < 1.29 is 4.79 Å². The standard InChI is InChI=1S/C11H10ClN3O/c12-7-8-2-1-3-9(6-8)11(16)14-10-4-5-13-15-10/h1-6H,7H2,(H2,13,14,15,16). The van der Waals surface area contributed by atoms with Gasteiger partial charge in [0.15, 0.2) is 0 Å². The second-order valence-corrected chi connectivity index (χ2v) is 3.53. The molecule has 0 aliphatic heterocycles. The Hall–Kier alpha value is -1.81. The first-order valence-corrected chi connectivity index (χ1v) is 5.28. The molecule has 0 aliphatic rings. The Labute approximate surface area is 97.6 Å². The molecule has 0 aliphatic carbocycles. The minimum atomic E-state index is -0.184. The van der Waals surface area contributed by atoms with Gasteiger partial charge in [0.25, 0.3) is 5.91 Å². The summed E-state index contributed by atoms with van der Waals surface area (Å²) in [6.07, 6.45) is 1.57. The highest BCUT2D eigenvalue weighted by molar-refractivity contribution is 6.17. The van der Waals surface area contributed by atoms with E-state index in [1.165, 1.54) is 0 Å². The number of anilines is 1. The molecule has 82 valence electrons. The maximum Gasteiger partial charge on any atom is 0.256 e. The number of hydrogen-bond acceptors (Lipinski definition) is 2. The molecule has 1 aromatic carbocycles. The van der Waals surface area contributed by atoms with Crippen molar-refractivity contribution in [3.05, 3.63) is 47.7 Å². The molecule has 4 nitrogen and oxygen atoms in total. The van der Waals surface area contributed by atoms with E-state index in [1.54, 1.807) is 30.5 Å². The smallest absolute Gasteiger partial charge is 0.256 e. The average Bonchev–Trinajstić information content (AvgIpc) is 2.82. The van der Waals surface area contributed by atoms with Crippen molar-refractivity contribution in [2.24, 2.45) is 0 Å². The van der Waals surface area contributed by atoms with Crippen molar-refractivity contribution in [3.8, 4) is 0 Å².